The smallest absolute Gasteiger partial charge is 0.387 e. The van der Waals surface area contributed by atoms with Crippen LogP contribution in [-0.4, -0.2) is 12.7 Å². The fourth-order valence-corrected chi connectivity index (χ4v) is 2.89. The van der Waals surface area contributed by atoms with Gasteiger partial charge in [-0.2, -0.15) is 8.78 Å². The molecule has 1 aromatic rings. The molecule has 0 aromatic heterocycles. The lowest BCUT2D eigenvalue weighted by Gasteiger charge is -2.35. The molecule has 0 spiro atoms. The van der Waals surface area contributed by atoms with Gasteiger partial charge in [-0.05, 0) is 48.9 Å². The summed E-state index contributed by atoms with van der Waals surface area (Å²) in [6.45, 7) is 1.76. The molecule has 1 aromatic carbocycles. The van der Waals surface area contributed by atoms with Gasteiger partial charge < -0.3 is 10.1 Å². The normalized spacial score (nSPS) is 27.3. The van der Waals surface area contributed by atoms with Gasteiger partial charge in [-0.25, -0.2) is 0 Å². The molecule has 0 amide bonds. The third kappa shape index (κ3) is 3.82. The van der Waals surface area contributed by atoms with E-state index in [1.54, 1.807) is 24.3 Å². The quantitative estimate of drug-likeness (QED) is 0.867. The summed E-state index contributed by atoms with van der Waals surface area (Å²) < 4.78 is 28.5. The molecule has 19 heavy (non-hydrogen) atoms. The molecule has 2 rings (SSSR count). The zero-order valence-corrected chi connectivity index (χ0v) is 11.4. The van der Waals surface area contributed by atoms with E-state index < -0.39 is 6.61 Å². The molecular formula is C15H21F2NO. The molecule has 4 heteroatoms. The van der Waals surface area contributed by atoms with Crippen molar-refractivity contribution in [1.82, 2.24) is 0 Å². The standard InChI is InChI=1S/C15H21F2NO/c1-10-4-3-5-11(2)14(10)18-12-6-8-13(9-7-12)19-15(16)17/h6-11,14-15,18H,3-5H2,1-2H3. The summed E-state index contributed by atoms with van der Waals surface area (Å²) in [5.74, 6) is 1.48. The summed E-state index contributed by atoms with van der Waals surface area (Å²) in [4.78, 5) is 0. The predicted molar refractivity (Wildman–Crippen MR) is 72.7 cm³/mol. The van der Waals surface area contributed by atoms with Gasteiger partial charge in [0.1, 0.15) is 5.75 Å². The third-order valence-corrected chi connectivity index (χ3v) is 3.96. The third-order valence-electron chi connectivity index (χ3n) is 3.96. The Balaban J connectivity index is 1.98. The van der Waals surface area contributed by atoms with E-state index in [2.05, 4.69) is 23.9 Å². The van der Waals surface area contributed by atoms with E-state index in [9.17, 15) is 8.78 Å². The molecule has 1 N–H and O–H groups in total. The zero-order chi connectivity index (χ0) is 13.8. The maximum absolute atomic E-state index is 12.1. The highest BCUT2D eigenvalue weighted by atomic mass is 19.3. The zero-order valence-electron chi connectivity index (χ0n) is 11.4. The number of benzene rings is 1. The van der Waals surface area contributed by atoms with Crippen molar-refractivity contribution in [2.75, 3.05) is 5.32 Å². The summed E-state index contributed by atoms with van der Waals surface area (Å²) in [5, 5.41) is 3.52. The van der Waals surface area contributed by atoms with Crippen molar-refractivity contribution in [1.29, 1.82) is 0 Å². The topological polar surface area (TPSA) is 21.3 Å². The summed E-state index contributed by atoms with van der Waals surface area (Å²) in [6, 6.07) is 7.20. The van der Waals surface area contributed by atoms with Crippen molar-refractivity contribution in [3.8, 4) is 5.75 Å². The molecule has 1 aliphatic carbocycles. The first-order chi connectivity index (χ1) is 9.06. The minimum absolute atomic E-state index is 0.199. The van der Waals surface area contributed by atoms with Crippen LogP contribution >= 0.6 is 0 Å². The number of rotatable bonds is 4. The molecule has 2 unspecified atom stereocenters. The van der Waals surface area contributed by atoms with Crippen LogP contribution in [0.5, 0.6) is 5.75 Å². The van der Waals surface area contributed by atoms with Crippen LogP contribution in [0.15, 0.2) is 24.3 Å². The highest BCUT2D eigenvalue weighted by Crippen LogP contribution is 2.31. The van der Waals surface area contributed by atoms with Crippen LogP contribution in [0.4, 0.5) is 14.5 Å². The van der Waals surface area contributed by atoms with E-state index in [4.69, 9.17) is 0 Å². The van der Waals surface area contributed by atoms with Gasteiger partial charge in [0.05, 0.1) is 0 Å². The monoisotopic (exact) mass is 269 g/mol. The predicted octanol–water partition coefficient (Wildman–Crippen LogP) is 4.52. The largest absolute Gasteiger partial charge is 0.435 e. The number of nitrogens with one attached hydrogen (secondary N) is 1. The van der Waals surface area contributed by atoms with Crippen LogP contribution in [0.1, 0.15) is 33.1 Å². The second-order valence-electron chi connectivity index (χ2n) is 5.46. The molecular weight excluding hydrogens is 248 g/mol. The number of hydrogen-bond acceptors (Lipinski definition) is 2. The molecule has 0 saturated heterocycles. The Hall–Kier alpha value is -1.32. The van der Waals surface area contributed by atoms with Gasteiger partial charge in [0.2, 0.25) is 0 Å². The lowest BCUT2D eigenvalue weighted by molar-refractivity contribution is -0.0498. The van der Waals surface area contributed by atoms with Gasteiger partial charge in [-0.1, -0.05) is 20.3 Å². The number of hydrogen-bond donors (Lipinski definition) is 1. The van der Waals surface area contributed by atoms with E-state index in [0.29, 0.717) is 17.9 Å². The fourth-order valence-electron chi connectivity index (χ4n) is 2.89. The van der Waals surface area contributed by atoms with Gasteiger partial charge in [0, 0.05) is 11.7 Å². The van der Waals surface area contributed by atoms with E-state index in [1.807, 2.05) is 0 Å². The van der Waals surface area contributed by atoms with Crippen LogP contribution in [0.3, 0.4) is 0 Å². The number of alkyl halides is 2. The number of ether oxygens (including phenoxy) is 1. The fraction of sp³-hybridized carbons (Fsp3) is 0.600. The Morgan fingerprint density at radius 3 is 2.21 bits per heavy atom. The second-order valence-corrected chi connectivity index (χ2v) is 5.46. The lowest BCUT2D eigenvalue weighted by Crippen LogP contribution is -2.36. The summed E-state index contributed by atoms with van der Waals surface area (Å²) >= 11 is 0. The first-order valence-corrected chi connectivity index (χ1v) is 6.87. The number of halogens is 2. The van der Waals surface area contributed by atoms with Crippen molar-refractivity contribution in [3.05, 3.63) is 24.3 Å². The minimum Gasteiger partial charge on any atom is -0.435 e. The maximum Gasteiger partial charge on any atom is 0.387 e. The Labute approximate surface area is 113 Å². The van der Waals surface area contributed by atoms with E-state index in [-0.39, 0.29) is 5.75 Å². The van der Waals surface area contributed by atoms with Gasteiger partial charge in [0.25, 0.3) is 0 Å². The highest BCUT2D eigenvalue weighted by Gasteiger charge is 2.27. The van der Waals surface area contributed by atoms with Crippen LogP contribution < -0.4 is 10.1 Å². The van der Waals surface area contributed by atoms with Crippen molar-refractivity contribution >= 4 is 5.69 Å². The van der Waals surface area contributed by atoms with Crippen LogP contribution in [-0.2, 0) is 0 Å². The maximum atomic E-state index is 12.1. The molecule has 1 saturated carbocycles. The van der Waals surface area contributed by atoms with Crippen LogP contribution in [0.2, 0.25) is 0 Å². The lowest BCUT2D eigenvalue weighted by atomic mass is 9.78. The first-order valence-electron chi connectivity index (χ1n) is 6.87. The SMILES string of the molecule is CC1CCCC(C)C1Nc1ccc(OC(F)F)cc1. The van der Waals surface area contributed by atoms with Gasteiger partial charge >= 0.3 is 6.61 Å². The summed E-state index contributed by atoms with van der Waals surface area (Å²) in [6.07, 6.45) is 3.78. The summed E-state index contributed by atoms with van der Waals surface area (Å²) in [7, 11) is 0. The van der Waals surface area contributed by atoms with Crippen molar-refractivity contribution in [3.63, 3.8) is 0 Å². The molecule has 2 atom stereocenters. The van der Waals surface area contributed by atoms with Crippen LogP contribution in [0.25, 0.3) is 0 Å². The molecule has 1 aliphatic rings. The van der Waals surface area contributed by atoms with Crippen molar-refractivity contribution in [2.24, 2.45) is 11.8 Å². The van der Waals surface area contributed by atoms with E-state index in [0.717, 1.165) is 5.69 Å². The molecule has 0 radical (unpaired) electrons. The van der Waals surface area contributed by atoms with Gasteiger partial charge in [0.15, 0.2) is 0 Å². The Morgan fingerprint density at radius 1 is 1.11 bits per heavy atom. The van der Waals surface area contributed by atoms with Gasteiger partial charge in [-0.3, -0.25) is 0 Å². The Morgan fingerprint density at radius 2 is 1.68 bits per heavy atom. The average molecular weight is 269 g/mol. The highest BCUT2D eigenvalue weighted by molar-refractivity contribution is 5.47. The molecule has 0 heterocycles. The molecule has 0 aliphatic heterocycles. The van der Waals surface area contributed by atoms with E-state index >= 15 is 0 Å². The second kappa shape index (κ2) is 6.22. The Bertz CT molecular complexity index is 384. The van der Waals surface area contributed by atoms with Crippen LogP contribution in [0, 0.1) is 11.8 Å². The van der Waals surface area contributed by atoms with Crippen molar-refractivity contribution < 1.29 is 13.5 Å². The van der Waals surface area contributed by atoms with Gasteiger partial charge in [-0.15, -0.1) is 0 Å². The molecule has 1 fully saturated rings. The minimum atomic E-state index is -2.77. The van der Waals surface area contributed by atoms with E-state index in [1.165, 1.54) is 19.3 Å². The average Bonchev–Trinajstić information content (AvgIpc) is 2.35. The molecule has 106 valence electrons. The number of anilines is 1. The van der Waals surface area contributed by atoms with Crippen molar-refractivity contribution in [2.45, 2.75) is 45.8 Å². The molecule has 2 nitrogen and oxygen atoms in total. The summed E-state index contributed by atoms with van der Waals surface area (Å²) in [5.41, 5.74) is 0.965. The Kier molecular flexibility index (Phi) is 4.61. The molecule has 0 bridgehead atoms. The first kappa shape index (κ1) is 14.1.